The minimum atomic E-state index is 0.472. The van der Waals surface area contributed by atoms with Gasteiger partial charge in [0.2, 0.25) is 0 Å². The highest BCUT2D eigenvalue weighted by atomic mass is 15.1. The van der Waals surface area contributed by atoms with E-state index in [0.29, 0.717) is 6.04 Å². The first-order chi connectivity index (χ1) is 9.16. The predicted octanol–water partition coefficient (Wildman–Crippen LogP) is 3.14. The van der Waals surface area contributed by atoms with Crippen molar-refractivity contribution in [2.45, 2.75) is 32.9 Å². The number of hydrogen-bond donors (Lipinski definition) is 0. The van der Waals surface area contributed by atoms with Crippen LogP contribution in [-0.2, 0) is 13.0 Å². The molecule has 0 fully saturated rings. The Morgan fingerprint density at radius 1 is 1.21 bits per heavy atom. The van der Waals surface area contributed by atoms with Crippen LogP contribution in [0.15, 0.2) is 42.9 Å². The largest absolute Gasteiger partial charge is 0.331 e. The second kappa shape index (κ2) is 6.53. The van der Waals surface area contributed by atoms with Gasteiger partial charge < -0.3 is 9.47 Å². The zero-order chi connectivity index (χ0) is 13.7. The van der Waals surface area contributed by atoms with Crippen LogP contribution in [0.1, 0.15) is 31.1 Å². The van der Waals surface area contributed by atoms with Gasteiger partial charge in [-0.15, -0.1) is 0 Å². The Morgan fingerprint density at radius 3 is 2.63 bits per heavy atom. The summed E-state index contributed by atoms with van der Waals surface area (Å²) < 4.78 is 2.24. The Hall–Kier alpha value is -1.61. The summed E-state index contributed by atoms with van der Waals surface area (Å²) in [6.07, 6.45) is 4.98. The van der Waals surface area contributed by atoms with Crippen molar-refractivity contribution in [3.8, 4) is 0 Å². The van der Waals surface area contributed by atoms with Crippen molar-refractivity contribution in [1.82, 2.24) is 14.5 Å². The van der Waals surface area contributed by atoms with Gasteiger partial charge in [0.05, 0.1) is 12.0 Å². The Kier molecular flexibility index (Phi) is 4.74. The van der Waals surface area contributed by atoms with E-state index < -0.39 is 0 Å². The molecule has 0 aliphatic carbocycles. The van der Waals surface area contributed by atoms with E-state index in [2.05, 4.69) is 65.7 Å². The second-order valence-corrected chi connectivity index (χ2v) is 5.36. The third-order valence-corrected chi connectivity index (χ3v) is 3.36. The maximum Gasteiger partial charge on any atom is 0.0951 e. The van der Waals surface area contributed by atoms with Gasteiger partial charge in [0.15, 0.2) is 0 Å². The third-order valence-electron chi connectivity index (χ3n) is 3.36. The van der Waals surface area contributed by atoms with Crippen molar-refractivity contribution in [3.63, 3.8) is 0 Å². The van der Waals surface area contributed by atoms with Crippen LogP contribution in [0.3, 0.4) is 0 Å². The molecule has 0 aliphatic rings. The fourth-order valence-electron chi connectivity index (χ4n) is 2.24. The Labute approximate surface area is 115 Å². The van der Waals surface area contributed by atoms with Crippen molar-refractivity contribution >= 4 is 0 Å². The molecule has 0 bridgehead atoms. The van der Waals surface area contributed by atoms with Crippen LogP contribution in [-0.4, -0.2) is 28.0 Å². The molecule has 0 N–H and O–H groups in total. The fraction of sp³-hybridized carbons (Fsp3) is 0.438. The zero-order valence-electron chi connectivity index (χ0n) is 12.1. The molecule has 1 heterocycles. The molecule has 0 saturated heterocycles. The van der Waals surface area contributed by atoms with Gasteiger partial charge in [-0.3, -0.25) is 0 Å². The molecule has 1 aromatic heterocycles. The molecule has 0 radical (unpaired) electrons. The number of nitrogens with zero attached hydrogens (tertiary/aromatic N) is 3. The highest BCUT2D eigenvalue weighted by Crippen LogP contribution is 2.11. The van der Waals surface area contributed by atoms with E-state index in [0.717, 1.165) is 19.5 Å². The smallest absolute Gasteiger partial charge is 0.0951 e. The first-order valence-corrected chi connectivity index (χ1v) is 6.90. The van der Waals surface area contributed by atoms with E-state index in [1.165, 1.54) is 11.3 Å². The lowest BCUT2D eigenvalue weighted by molar-refractivity contribution is 0.318. The summed E-state index contributed by atoms with van der Waals surface area (Å²) in [6.45, 7) is 6.39. The van der Waals surface area contributed by atoms with E-state index in [1.807, 2.05) is 12.5 Å². The number of likely N-dealkylation sites (N-methyl/N-ethyl adjacent to an activating group) is 1. The summed E-state index contributed by atoms with van der Waals surface area (Å²) in [4.78, 5) is 6.60. The standard InChI is InChI=1S/C16H23N3/c1-14(2)19-13-17-11-16(19)12-18(3)10-9-15-7-5-4-6-8-15/h4-8,11,13-14H,9-10,12H2,1-3H3. The van der Waals surface area contributed by atoms with Gasteiger partial charge in [-0.1, -0.05) is 30.3 Å². The summed E-state index contributed by atoms with van der Waals surface area (Å²) in [5, 5.41) is 0. The third kappa shape index (κ3) is 3.93. The molecule has 1 aromatic carbocycles. The lowest BCUT2D eigenvalue weighted by Gasteiger charge is -2.19. The molecule has 102 valence electrons. The number of imidazole rings is 1. The van der Waals surface area contributed by atoms with Crippen LogP contribution in [0.25, 0.3) is 0 Å². The van der Waals surface area contributed by atoms with Crippen molar-refractivity contribution in [2.24, 2.45) is 0 Å². The van der Waals surface area contributed by atoms with Crippen LogP contribution in [0.4, 0.5) is 0 Å². The Balaban J connectivity index is 1.87. The number of benzene rings is 1. The van der Waals surface area contributed by atoms with Crippen LogP contribution in [0.5, 0.6) is 0 Å². The van der Waals surface area contributed by atoms with Gasteiger partial charge in [-0.25, -0.2) is 4.98 Å². The molecule has 3 nitrogen and oxygen atoms in total. The fourth-order valence-corrected chi connectivity index (χ4v) is 2.24. The lowest BCUT2D eigenvalue weighted by Crippen LogP contribution is -2.22. The summed E-state index contributed by atoms with van der Waals surface area (Å²) in [5.41, 5.74) is 2.68. The van der Waals surface area contributed by atoms with Crippen LogP contribution in [0.2, 0.25) is 0 Å². The highest BCUT2D eigenvalue weighted by Gasteiger charge is 2.08. The van der Waals surface area contributed by atoms with E-state index in [1.54, 1.807) is 0 Å². The Morgan fingerprint density at radius 2 is 1.95 bits per heavy atom. The lowest BCUT2D eigenvalue weighted by atomic mass is 10.1. The second-order valence-electron chi connectivity index (χ2n) is 5.36. The first kappa shape index (κ1) is 13.8. The van der Waals surface area contributed by atoms with Gasteiger partial charge in [0, 0.05) is 25.3 Å². The van der Waals surface area contributed by atoms with Gasteiger partial charge in [-0.05, 0) is 32.9 Å². The maximum atomic E-state index is 4.25. The van der Waals surface area contributed by atoms with Crippen LogP contribution < -0.4 is 0 Å². The normalized spacial score (nSPS) is 11.4. The van der Waals surface area contributed by atoms with Crippen LogP contribution >= 0.6 is 0 Å². The van der Waals surface area contributed by atoms with Crippen molar-refractivity contribution in [3.05, 3.63) is 54.1 Å². The summed E-state index contributed by atoms with van der Waals surface area (Å²) in [5.74, 6) is 0. The molecular formula is C16H23N3. The van der Waals surface area contributed by atoms with Crippen LogP contribution in [0, 0.1) is 0 Å². The number of aromatic nitrogens is 2. The highest BCUT2D eigenvalue weighted by molar-refractivity contribution is 5.14. The minimum Gasteiger partial charge on any atom is -0.331 e. The number of hydrogen-bond acceptors (Lipinski definition) is 2. The Bertz CT molecular complexity index is 488. The van der Waals surface area contributed by atoms with E-state index in [-0.39, 0.29) is 0 Å². The molecule has 19 heavy (non-hydrogen) atoms. The summed E-state index contributed by atoms with van der Waals surface area (Å²) in [6, 6.07) is 11.1. The molecule has 0 atom stereocenters. The van der Waals surface area contributed by atoms with E-state index >= 15 is 0 Å². The van der Waals surface area contributed by atoms with Gasteiger partial charge in [-0.2, -0.15) is 0 Å². The molecule has 0 spiro atoms. The van der Waals surface area contributed by atoms with E-state index in [4.69, 9.17) is 0 Å². The van der Waals surface area contributed by atoms with E-state index in [9.17, 15) is 0 Å². The van der Waals surface area contributed by atoms with Crippen molar-refractivity contribution < 1.29 is 0 Å². The van der Waals surface area contributed by atoms with Gasteiger partial charge in [0.25, 0.3) is 0 Å². The summed E-state index contributed by atoms with van der Waals surface area (Å²) in [7, 11) is 2.17. The topological polar surface area (TPSA) is 21.1 Å². The SMILES string of the molecule is CC(C)n1cncc1CN(C)CCc1ccccc1. The van der Waals surface area contributed by atoms with Gasteiger partial charge >= 0.3 is 0 Å². The first-order valence-electron chi connectivity index (χ1n) is 6.90. The van der Waals surface area contributed by atoms with Crippen molar-refractivity contribution in [2.75, 3.05) is 13.6 Å². The minimum absolute atomic E-state index is 0.472. The quantitative estimate of drug-likeness (QED) is 0.792. The molecule has 0 unspecified atom stereocenters. The molecule has 0 saturated carbocycles. The average molecular weight is 257 g/mol. The van der Waals surface area contributed by atoms with Gasteiger partial charge in [0.1, 0.15) is 0 Å². The molecule has 0 aliphatic heterocycles. The molecule has 2 rings (SSSR count). The molecule has 2 aromatic rings. The predicted molar refractivity (Wildman–Crippen MR) is 79.1 cm³/mol. The molecule has 0 amide bonds. The molecule has 3 heteroatoms. The molecular weight excluding hydrogens is 234 g/mol. The number of rotatable bonds is 6. The summed E-state index contributed by atoms with van der Waals surface area (Å²) >= 11 is 0. The zero-order valence-corrected chi connectivity index (χ0v) is 12.1. The average Bonchev–Trinajstić information content (AvgIpc) is 2.86. The van der Waals surface area contributed by atoms with Crippen molar-refractivity contribution in [1.29, 1.82) is 0 Å². The maximum absolute atomic E-state index is 4.25. The monoisotopic (exact) mass is 257 g/mol.